The number of aromatic nitrogens is 2. The zero-order chi connectivity index (χ0) is 33.1. The van der Waals surface area contributed by atoms with Gasteiger partial charge >= 0.3 is 0 Å². The van der Waals surface area contributed by atoms with E-state index in [0.717, 1.165) is 36.7 Å². The molecule has 0 bridgehead atoms. The summed E-state index contributed by atoms with van der Waals surface area (Å²) in [6.45, 7) is 7.53. The van der Waals surface area contributed by atoms with Crippen LogP contribution in [0.25, 0.3) is 11.5 Å². The molecule has 2 unspecified atom stereocenters. The van der Waals surface area contributed by atoms with Crippen molar-refractivity contribution in [2.75, 3.05) is 19.6 Å². The number of nitrogens with one attached hydrogen (secondary N) is 2. The summed E-state index contributed by atoms with van der Waals surface area (Å²) >= 11 is 0. The van der Waals surface area contributed by atoms with Gasteiger partial charge in [-0.15, -0.1) is 0 Å². The second kappa shape index (κ2) is 16.7. The van der Waals surface area contributed by atoms with E-state index in [1.165, 1.54) is 30.7 Å². The molecule has 0 saturated heterocycles. The minimum Gasteiger partial charge on any atom is -0.445 e. The van der Waals surface area contributed by atoms with Gasteiger partial charge in [-0.1, -0.05) is 26.8 Å². The van der Waals surface area contributed by atoms with Crippen molar-refractivity contribution in [3.8, 4) is 11.5 Å². The number of carbonyl (C=O) groups is 2. The highest BCUT2D eigenvalue weighted by Gasteiger charge is 2.25. The monoisotopic (exact) mass is 633 g/mol. The van der Waals surface area contributed by atoms with Gasteiger partial charge in [0.1, 0.15) is 17.9 Å². The number of pyridine rings is 1. The molecule has 2 atom stereocenters. The number of aliphatic hydroxyl groups is 1. The van der Waals surface area contributed by atoms with Gasteiger partial charge in [0.15, 0.2) is 0 Å². The van der Waals surface area contributed by atoms with Crippen LogP contribution in [0.15, 0.2) is 71.5 Å². The lowest BCUT2D eigenvalue weighted by atomic mass is 9.99. The summed E-state index contributed by atoms with van der Waals surface area (Å²) in [6, 6.07) is 12.6. The van der Waals surface area contributed by atoms with Gasteiger partial charge in [-0.05, 0) is 73.7 Å². The lowest BCUT2D eigenvalue weighted by molar-refractivity contribution is 0.0755. The molecule has 11 heteroatoms. The van der Waals surface area contributed by atoms with Crippen molar-refractivity contribution in [1.29, 1.82) is 0 Å². The molecule has 0 fully saturated rings. The van der Waals surface area contributed by atoms with Crippen LogP contribution < -0.4 is 10.6 Å². The smallest absolute Gasteiger partial charge is 0.253 e. The largest absolute Gasteiger partial charge is 0.445 e. The Morgan fingerprint density at radius 2 is 1.65 bits per heavy atom. The quantitative estimate of drug-likeness (QED) is 0.153. The molecule has 2 heterocycles. The van der Waals surface area contributed by atoms with Gasteiger partial charge in [0.05, 0.1) is 24.0 Å². The highest BCUT2D eigenvalue weighted by Crippen LogP contribution is 2.23. The Bertz CT molecular complexity index is 1570. The molecule has 9 nitrogen and oxygen atoms in total. The van der Waals surface area contributed by atoms with Gasteiger partial charge in [0, 0.05) is 54.6 Å². The fourth-order valence-corrected chi connectivity index (χ4v) is 5.24. The fourth-order valence-electron chi connectivity index (χ4n) is 5.24. The number of benzene rings is 2. The lowest BCUT2D eigenvalue weighted by Gasteiger charge is -2.25. The van der Waals surface area contributed by atoms with Crippen LogP contribution in [0.5, 0.6) is 0 Å². The average molecular weight is 634 g/mol. The van der Waals surface area contributed by atoms with Crippen LogP contribution in [-0.4, -0.2) is 63.6 Å². The van der Waals surface area contributed by atoms with Crippen molar-refractivity contribution in [2.24, 2.45) is 0 Å². The third-order valence-corrected chi connectivity index (χ3v) is 7.44. The van der Waals surface area contributed by atoms with Gasteiger partial charge in [-0.3, -0.25) is 14.6 Å². The first-order valence-corrected chi connectivity index (χ1v) is 15.6. The maximum absolute atomic E-state index is 14.1. The summed E-state index contributed by atoms with van der Waals surface area (Å²) < 4.78 is 33.6. The number of hydrogen-bond acceptors (Lipinski definition) is 7. The number of carbonyl (C=O) groups excluding carboxylic acids is 2. The highest BCUT2D eigenvalue weighted by molar-refractivity contribution is 6.01. The molecule has 0 aliphatic rings. The van der Waals surface area contributed by atoms with E-state index in [1.54, 1.807) is 17.0 Å². The zero-order valence-corrected chi connectivity index (χ0v) is 26.4. The van der Waals surface area contributed by atoms with E-state index in [4.69, 9.17) is 4.42 Å². The Labute approximate surface area is 268 Å². The molecule has 0 aliphatic carbocycles. The van der Waals surface area contributed by atoms with Gasteiger partial charge in [-0.2, -0.15) is 0 Å². The maximum Gasteiger partial charge on any atom is 0.253 e. The van der Waals surface area contributed by atoms with Crippen LogP contribution in [0.3, 0.4) is 0 Å². The highest BCUT2D eigenvalue weighted by atomic mass is 19.1. The molecule has 2 aromatic carbocycles. The Morgan fingerprint density at radius 1 is 0.957 bits per heavy atom. The van der Waals surface area contributed by atoms with Crippen LogP contribution in [-0.2, 0) is 19.4 Å². The predicted octanol–water partition coefficient (Wildman–Crippen LogP) is 5.33. The van der Waals surface area contributed by atoms with E-state index in [2.05, 4.69) is 20.6 Å². The number of oxazole rings is 1. The third kappa shape index (κ3) is 9.51. The van der Waals surface area contributed by atoms with Crippen molar-refractivity contribution in [2.45, 2.75) is 65.1 Å². The number of nitrogens with zero attached hydrogens (tertiary/aromatic N) is 3. The van der Waals surface area contributed by atoms with E-state index in [9.17, 15) is 23.5 Å². The summed E-state index contributed by atoms with van der Waals surface area (Å²) in [7, 11) is 0. The molecular formula is C35H41F2N5O4. The van der Waals surface area contributed by atoms with Crippen molar-refractivity contribution < 1.29 is 27.9 Å². The number of amides is 2. The van der Waals surface area contributed by atoms with Gasteiger partial charge in [0.2, 0.25) is 5.89 Å². The average Bonchev–Trinajstić information content (AvgIpc) is 3.59. The molecule has 4 aromatic rings. The fraction of sp³-hybridized carbons (Fsp3) is 0.371. The molecule has 2 aromatic heterocycles. The Hall–Kier alpha value is -4.48. The molecule has 0 spiro atoms. The first-order chi connectivity index (χ1) is 22.2. The summed E-state index contributed by atoms with van der Waals surface area (Å²) in [6.07, 6.45) is 3.99. The van der Waals surface area contributed by atoms with Crippen molar-refractivity contribution in [3.63, 3.8) is 0 Å². The van der Waals surface area contributed by atoms with E-state index in [-0.39, 0.29) is 41.5 Å². The second-order valence-corrected chi connectivity index (χ2v) is 11.2. The number of rotatable bonds is 16. The summed E-state index contributed by atoms with van der Waals surface area (Å²) in [5.74, 6) is -2.11. The van der Waals surface area contributed by atoms with Gasteiger partial charge < -0.3 is 25.1 Å². The lowest BCUT2D eigenvalue weighted by Crippen LogP contribution is -2.48. The maximum atomic E-state index is 14.1. The Kier molecular flexibility index (Phi) is 12.5. The molecule has 0 aliphatic heterocycles. The first-order valence-electron chi connectivity index (χ1n) is 15.6. The SMILES string of the molecule is CCCN(CCC)C(=O)c1cc(C(=O)NC(Cc2cc(F)cc(F)c2)C(O)CNCc2cccc(CC)n2)cc(-c2ncco2)c1. The van der Waals surface area contributed by atoms with Gasteiger partial charge in [0.25, 0.3) is 11.8 Å². The summed E-state index contributed by atoms with van der Waals surface area (Å²) in [4.78, 5) is 37.8. The normalized spacial score (nSPS) is 12.5. The van der Waals surface area contributed by atoms with Crippen LogP contribution >= 0.6 is 0 Å². The number of aryl methyl sites for hydroxylation is 1. The van der Waals surface area contributed by atoms with Crippen LogP contribution in [0, 0.1) is 11.6 Å². The molecule has 2 amide bonds. The zero-order valence-electron chi connectivity index (χ0n) is 26.4. The topological polar surface area (TPSA) is 121 Å². The third-order valence-electron chi connectivity index (χ3n) is 7.44. The molecule has 46 heavy (non-hydrogen) atoms. The van der Waals surface area contributed by atoms with Crippen molar-refractivity contribution in [3.05, 3.63) is 107 Å². The Balaban J connectivity index is 1.60. The second-order valence-electron chi connectivity index (χ2n) is 11.2. The molecule has 0 radical (unpaired) electrons. The van der Waals surface area contributed by atoms with Crippen LogP contribution in [0.2, 0.25) is 0 Å². The molecule has 3 N–H and O–H groups in total. The number of hydrogen-bond donors (Lipinski definition) is 3. The molecule has 4 rings (SSSR count). The predicted molar refractivity (Wildman–Crippen MR) is 171 cm³/mol. The number of halogens is 2. The first kappa shape index (κ1) is 34.4. The van der Waals surface area contributed by atoms with Crippen molar-refractivity contribution >= 4 is 11.8 Å². The minimum atomic E-state index is -1.15. The van der Waals surface area contributed by atoms with Gasteiger partial charge in [-0.25, -0.2) is 13.8 Å². The van der Waals surface area contributed by atoms with Crippen LogP contribution in [0.1, 0.15) is 71.3 Å². The van der Waals surface area contributed by atoms with E-state index < -0.39 is 29.7 Å². The van der Waals surface area contributed by atoms with E-state index in [0.29, 0.717) is 25.2 Å². The summed E-state index contributed by atoms with van der Waals surface area (Å²) in [5, 5.41) is 17.3. The number of aliphatic hydroxyl groups excluding tert-OH is 1. The van der Waals surface area contributed by atoms with E-state index >= 15 is 0 Å². The summed E-state index contributed by atoms with van der Waals surface area (Å²) in [5.41, 5.74) is 2.86. The van der Waals surface area contributed by atoms with E-state index in [1.807, 2.05) is 39.0 Å². The minimum absolute atomic E-state index is 0.0567. The standard InChI is InChI=1S/C35H41F2N5O4/c1-4-11-42(12-5-2)35(45)26-18-24(17-25(19-26)34-39-10-13-46-34)33(44)41-31(16-23-14-27(36)20-28(37)15-23)32(43)22-38-21-30-9-7-8-29(6-3)40-30/h7-10,13-15,17-20,31-32,38,43H,4-6,11-12,16,21-22H2,1-3H3,(H,41,44). The van der Waals surface area contributed by atoms with Crippen LogP contribution in [0.4, 0.5) is 8.78 Å². The van der Waals surface area contributed by atoms with Crippen molar-refractivity contribution in [1.82, 2.24) is 25.5 Å². The molecular weight excluding hydrogens is 592 g/mol. The molecule has 0 saturated carbocycles. The Morgan fingerprint density at radius 3 is 2.30 bits per heavy atom. The molecule has 244 valence electrons.